The molecule has 186 valence electrons. The summed E-state index contributed by atoms with van der Waals surface area (Å²) in [5.74, 6) is 1.89. The summed E-state index contributed by atoms with van der Waals surface area (Å²) in [6.45, 7) is 4.16. The quantitative estimate of drug-likeness (QED) is 0.530. The number of ether oxygens (including phenoxy) is 3. The molecule has 5 rings (SSSR count). The van der Waals surface area contributed by atoms with Crippen molar-refractivity contribution in [2.75, 3.05) is 21.3 Å². The van der Waals surface area contributed by atoms with E-state index in [-0.39, 0.29) is 16.8 Å². The molecule has 0 saturated heterocycles. The summed E-state index contributed by atoms with van der Waals surface area (Å²) in [5.41, 5.74) is 2.63. The van der Waals surface area contributed by atoms with Crippen LogP contribution in [0.25, 0.3) is 6.08 Å². The second-order valence-electron chi connectivity index (χ2n) is 9.77. The molecule has 2 aliphatic rings. The Bertz CT molecular complexity index is 1560. The Morgan fingerprint density at radius 3 is 2.36 bits per heavy atom. The van der Waals surface area contributed by atoms with Crippen LogP contribution in [0.3, 0.4) is 0 Å². The van der Waals surface area contributed by atoms with E-state index in [1.807, 2.05) is 42.5 Å². The molecule has 1 aromatic heterocycles. The normalized spacial score (nSPS) is 18.9. The zero-order valence-electron chi connectivity index (χ0n) is 21.0. The number of allylic oxidation sites excluding steroid dienone is 2. The number of rotatable bonds is 5. The number of aromatic nitrogens is 1. The first-order valence-corrected chi connectivity index (χ1v) is 12.5. The third-order valence-electron chi connectivity index (χ3n) is 6.63. The average Bonchev–Trinajstić information content (AvgIpc) is 3.16. The van der Waals surface area contributed by atoms with Crippen molar-refractivity contribution >= 4 is 23.2 Å². The highest BCUT2D eigenvalue weighted by molar-refractivity contribution is 7.07. The molecule has 0 spiro atoms. The van der Waals surface area contributed by atoms with Gasteiger partial charge >= 0.3 is 0 Å². The van der Waals surface area contributed by atoms with Crippen LogP contribution in [0.2, 0.25) is 0 Å². The molecule has 1 aliphatic carbocycles. The molecular weight excluding hydrogens is 476 g/mol. The minimum atomic E-state index is -0.585. The summed E-state index contributed by atoms with van der Waals surface area (Å²) in [5, 5.41) is 0. The first-order valence-electron chi connectivity index (χ1n) is 11.7. The van der Waals surface area contributed by atoms with Crippen molar-refractivity contribution in [3.8, 4) is 17.2 Å². The highest BCUT2D eigenvalue weighted by atomic mass is 32.1. The molecule has 8 heteroatoms. The summed E-state index contributed by atoms with van der Waals surface area (Å²) >= 11 is 1.34. The Kier molecular flexibility index (Phi) is 6.08. The van der Waals surface area contributed by atoms with Crippen molar-refractivity contribution in [2.45, 2.75) is 32.7 Å². The van der Waals surface area contributed by atoms with Gasteiger partial charge in [-0.05, 0) is 53.3 Å². The molecule has 0 N–H and O–H groups in total. The summed E-state index contributed by atoms with van der Waals surface area (Å²) in [6, 6.07) is 12.5. The lowest BCUT2D eigenvalue weighted by atomic mass is 9.73. The lowest BCUT2D eigenvalue weighted by Gasteiger charge is -2.35. The maximum Gasteiger partial charge on any atom is 0.271 e. The van der Waals surface area contributed by atoms with Gasteiger partial charge in [-0.25, -0.2) is 4.99 Å². The molecule has 2 heterocycles. The van der Waals surface area contributed by atoms with Crippen LogP contribution in [0.5, 0.6) is 17.2 Å². The van der Waals surface area contributed by atoms with Gasteiger partial charge in [0, 0.05) is 12.0 Å². The number of ketones is 1. The summed E-state index contributed by atoms with van der Waals surface area (Å²) < 4.78 is 18.4. The largest absolute Gasteiger partial charge is 0.497 e. The fourth-order valence-corrected chi connectivity index (χ4v) is 5.96. The number of Topliss-reactive ketones (excluding diaryl/α,β-unsaturated/α-hetero) is 1. The number of fused-ring (bicyclic) bond motifs is 1. The third-order valence-corrected chi connectivity index (χ3v) is 7.62. The highest BCUT2D eigenvalue weighted by Gasteiger charge is 2.40. The molecule has 3 aromatic rings. The van der Waals surface area contributed by atoms with Crippen molar-refractivity contribution in [3.63, 3.8) is 0 Å². The number of methoxy groups -OCH3 is 3. The van der Waals surface area contributed by atoms with E-state index in [0.29, 0.717) is 39.2 Å². The zero-order chi connectivity index (χ0) is 25.6. The van der Waals surface area contributed by atoms with Gasteiger partial charge in [0.05, 0.1) is 37.6 Å². The van der Waals surface area contributed by atoms with Gasteiger partial charge in [-0.1, -0.05) is 43.4 Å². The number of benzene rings is 2. The Morgan fingerprint density at radius 2 is 1.69 bits per heavy atom. The van der Waals surface area contributed by atoms with Crippen LogP contribution in [-0.4, -0.2) is 31.7 Å². The van der Waals surface area contributed by atoms with Crippen LogP contribution >= 0.6 is 11.3 Å². The highest BCUT2D eigenvalue weighted by Crippen LogP contribution is 2.44. The third kappa shape index (κ3) is 4.15. The molecule has 0 bridgehead atoms. The van der Waals surface area contributed by atoms with Crippen molar-refractivity contribution in [1.29, 1.82) is 0 Å². The molecule has 36 heavy (non-hydrogen) atoms. The second kappa shape index (κ2) is 9.09. The van der Waals surface area contributed by atoms with Crippen molar-refractivity contribution < 1.29 is 19.0 Å². The van der Waals surface area contributed by atoms with E-state index in [2.05, 4.69) is 13.8 Å². The smallest absolute Gasteiger partial charge is 0.271 e. The van der Waals surface area contributed by atoms with E-state index in [1.54, 1.807) is 32.0 Å². The molecule has 0 amide bonds. The number of thiazole rings is 1. The maximum atomic E-state index is 13.8. The first kappa shape index (κ1) is 24.1. The van der Waals surface area contributed by atoms with Crippen LogP contribution in [0, 0.1) is 5.41 Å². The molecule has 7 nitrogen and oxygen atoms in total. The van der Waals surface area contributed by atoms with E-state index in [9.17, 15) is 9.59 Å². The van der Waals surface area contributed by atoms with E-state index in [1.165, 1.54) is 11.3 Å². The Balaban J connectivity index is 1.74. The number of hydrogen-bond donors (Lipinski definition) is 0. The lowest BCUT2D eigenvalue weighted by molar-refractivity contribution is -0.118. The topological polar surface area (TPSA) is 79.1 Å². The minimum absolute atomic E-state index is 0.0224. The van der Waals surface area contributed by atoms with Gasteiger partial charge in [-0.3, -0.25) is 14.2 Å². The number of carbonyl (C=O) groups excluding carboxylic acids is 1. The maximum absolute atomic E-state index is 13.8. The van der Waals surface area contributed by atoms with Gasteiger partial charge < -0.3 is 14.2 Å². The van der Waals surface area contributed by atoms with E-state index in [4.69, 9.17) is 19.2 Å². The number of hydrogen-bond acceptors (Lipinski definition) is 7. The van der Waals surface area contributed by atoms with Gasteiger partial charge in [0.1, 0.15) is 5.75 Å². The van der Waals surface area contributed by atoms with Crippen molar-refractivity contribution in [2.24, 2.45) is 10.4 Å². The van der Waals surface area contributed by atoms with Crippen LogP contribution in [0.1, 0.15) is 43.9 Å². The SMILES string of the molecule is COc1ccc(C=c2sc3n(c2=O)C(c2ccc(OC)c(OC)c2)C2=C(CC(C)(C)CC2=O)N=3)cc1. The summed E-state index contributed by atoms with van der Waals surface area (Å²) in [4.78, 5) is 32.7. The summed E-state index contributed by atoms with van der Waals surface area (Å²) in [7, 11) is 4.76. The molecule has 1 atom stereocenters. The van der Waals surface area contributed by atoms with Gasteiger partial charge in [-0.15, -0.1) is 0 Å². The van der Waals surface area contributed by atoms with Gasteiger partial charge in [0.25, 0.3) is 5.56 Å². The number of nitrogens with zero attached hydrogens (tertiary/aromatic N) is 2. The number of carbonyl (C=O) groups is 1. The lowest BCUT2D eigenvalue weighted by Crippen LogP contribution is -2.42. The fourth-order valence-electron chi connectivity index (χ4n) is 4.94. The van der Waals surface area contributed by atoms with Crippen molar-refractivity contribution in [3.05, 3.63) is 84.5 Å². The minimum Gasteiger partial charge on any atom is -0.497 e. The Morgan fingerprint density at radius 1 is 0.972 bits per heavy atom. The van der Waals surface area contributed by atoms with Crippen LogP contribution in [0.4, 0.5) is 0 Å². The summed E-state index contributed by atoms with van der Waals surface area (Å²) in [6.07, 6.45) is 2.93. The molecule has 2 aromatic carbocycles. The van der Waals surface area contributed by atoms with Gasteiger partial charge in [0.2, 0.25) is 0 Å². The molecule has 0 fully saturated rings. The Labute approximate surface area is 213 Å². The first-order chi connectivity index (χ1) is 17.2. The predicted octanol–water partition coefficient (Wildman–Crippen LogP) is 3.63. The zero-order valence-corrected chi connectivity index (χ0v) is 21.8. The van der Waals surface area contributed by atoms with Crippen LogP contribution in [0.15, 0.2) is 63.5 Å². The predicted molar refractivity (Wildman–Crippen MR) is 139 cm³/mol. The molecule has 1 aliphatic heterocycles. The van der Waals surface area contributed by atoms with Gasteiger partial charge in [-0.2, -0.15) is 0 Å². The van der Waals surface area contributed by atoms with Gasteiger partial charge in [0.15, 0.2) is 22.1 Å². The monoisotopic (exact) mass is 504 g/mol. The van der Waals surface area contributed by atoms with E-state index < -0.39 is 6.04 Å². The molecule has 0 radical (unpaired) electrons. The van der Waals surface area contributed by atoms with Crippen molar-refractivity contribution in [1.82, 2.24) is 4.57 Å². The average molecular weight is 505 g/mol. The molecule has 1 unspecified atom stereocenters. The van der Waals surface area contributed by atoms with Crippen LogP contribution in [-0.2, 0) is 4.79 Å². The molecule has 0 saturated carbocycles. The standard InChI is InChI=1S/C28H28N2O5S/c1-28(2)14-19-24(20(31)15-28)25(17-8-11-21(34-4)22(13-17)35-5)30-26(32)23(36-27(30)29-19)12-16-6-9-18(33-3)10-7-16/h6-13,25H,14-15H2,1-5H3. The van der Waals surface area contributed by atoms with Crippen LogP contribution < -0.4 is 29.1 Å². The van der Waals surface area contributed by atoms with E-state index in [0.717, 1.165) is 22.6 Å². The van der Waals surface area contributed by atoms with E-state index >= 15 is 0 Å². The second-order valence-corrected chi connectivity index (χ2v) is 10.8. The fraction of sp³-hybridized carbons (Fsp3) is 0.321. The molecular formula is C28H28N2O5S. The Hall–Kier alpha value is -3.65.